The molecule has 0 rings (SSSR count). The van der Waals surface area contributed by atoms with E-state index < -0.39 is 27.6 Å². The third-order valence-corrected chi connectivity index (χ3v) is 5.21. The van der Waals surface area contributed by atoms with Crippen molar-refractivity contribution in [3.63, 3.8) is 0 Å². The minimum absolute atomic E-state index is 0.125. The Morgan fingerprint density at radius 2 is 1.53 bits per heavy atom. The summed E-state index contributed by atoms with van der Waals surface area (Å²) >= 11 is 10.9. The van der Waals surface area contributed by atoms with Crippen LogP contribution in [0.1, 0.15) is 26.2 Å². The molecule has 0 aliphatic carbocycles. The third-order valence-electron chi connectivity index (χ3n) is 1.88. The van der Waals surface area contributed by atoms with Crippen LogP contribution in [0.15, 0.2) is 0 Å². The molecule has 0 aromatic heterocycles. The van der Waals surface area contributed by atoms with Gasteiger partial charge in [-0.15, -0.1) is 22.2 Å². The first kappa shape index (κ1) is 22.1. The van der Waals surface area contributed by atoms with Crippen LogP contribution < -0.4 is 0 Å². The molecule has 0 aliphatic heterocycles. The molecular formula is C11H25Cl2F3OSi2. The predicted octanol–water partition coefficient (Wildman–Crippen LogP) is 6.13. The van der Waals surface area contributed by atoms with Crippen LogP contribution in [-0.2, 0) is 4.43 Å². The Kier molecular flexibility index (Phi) is 11.2. The van der Waals surface area contributed by atoms with Gasteiger partial charge >= 0.3 is 6.18 Å². The minimum Gasteiger partial charge on any atom is -0.418 e. The number of hydrogen-bond donors (Lipinski definition) is 0. The first-order valence-corrected chi connectivity index (χ1v) is 14.5. The Labute approximate surface area is 126 Å². The van der Waals surface area contributed by atoms with Crippen molar-refractivity contribution >= 4 is 37.2 Å². The Morgan fingerprint density at radius 1 is 1.05 bits per heavy atom. The second kappa shape index (κ2) is 9.66. The molecule has 0 N–H and O–H groups in total. The second-order valence-electron chi connectivity index (χ2n) is 5.50. The van der Waals surface area contributed by atoms with E-state index in [1.54, 1.807) is 0 Å². The molecular weight excluding hydrogens is 332 g/mol. The summed E-state index contributed by atoms with van der Waals surface area (Å²) in [5, 5.41) is 0. The molecule has 19 heavy (non-hydrogen) atoms. The minimum atomic E-state index is -4.13. The van der Waals surface area contributed by atoms with Gasteiger partial charge in [0.1, 0.15) is 0 Å². The smallest absolute Gasteiger partial charge is 0.388 e. The molecule has 0 fully saturated rings. The van der Waals surface area contributed by atoms with Gasteiger partial charge in [0.05, 0.1) is 0 Å². The van der Waals surface area contributed by atoms with Crippen LogP contribution in [0.3, 0.4) is 0 Å². The topological polar surface area (TPSA) is 9.23 Å². The van der Waals surface area contributed by atoms with Gasteiger partial charge in [0, 0.05) is 13.0 Å². The van der Waals surface area contributed by atoms with Gasteiger partial charge in [0.25, 0.3) is 0 Å². The summed E-state index contributed by atoms with van der Waals surface area (Å²) in [5.41, 5.74) is 0. The summed E-state index contributed by atoms with van der Waals surface area (Å²) in [6.45, 7) is 8.76. The van der Waals surface area contributed by atoms with E-state index in [-0.39, 0.29) is 6.04 Å². The van der Waals surface area contributed by atoms with Crippen molar-refractivity contribution in [3.8, 4) is 0 Å². The second-order valence-corrected chi connectivity index (χ2v) is 18.2. The highest BCUT2D eigenvalue weighted by Crippen LogP contribution is 2.29. The summed E-state index contributed by atoms with van der Waals surface area (Å²) in [4.78, 5) is 0. The summed E-state index contributed by atoms with van der Waals surface area (Å²) < 4.78 is 40.1. The summed E-state index contributed by atoms with van der Waals surface area (Å²) in [6, 6.07) is -0.125. The molecule has 0 unspecified atom stereocenters. The lowest BCUT2D eigenvalue weighted by molar-refractivity contribution is -0.130. The molecule has 0 aliphatic rings. The van der Waals surface area contributed by atoms with Gasteiger partial charge in [-0.3, -0.25) is 0 Å². The molecule has 0 saturated heterocycles. The summed E-state index contributed by atoms with van der Waals surface area (Å²) in [6.07, 6.45) is -2.55. The fourth-order valence-electron chi connectivity index (χ4n) is 0.884. The molecule has 118 valence electrons. The van der Waals surface area contributed by atoms with Gasteiger partial charge in [-0.25, -0.2) is 0 Å². The van der Waals surface area contributed by atoms with Crippen molar-refractivity contribution in [2.24, 2.45) is 0 Å². The van der Waals surface area contributed by atoms with E-state index in [4.69, 9.17) is 26.6 Å². The summed E-state index contributed by atoms with van der Waals surface area (Å²) in [5.74, 6) is 0. The summed E-state index contributed by atoms with van der Waals surface area (Å²) in [7, 11) is -1.19. The van der Waals surface area contributed by atoms with Gasteiger partial charge < -0.3 is 4.43 Å². The largest absolute Gasteiger partial charge is 0.418 e. The van der Waals surface area contributed by atoms with Crippen molar-refractivity contribution in [3.05, 3.63) is 0 Å². The average Bonchev–Trinajstić information content (AvgIpc) is 2.12. The lowest BCUT2D eigenvalue weighted by Gasteiger charge is -2.16. The van der Waals surface area contributed by atoms with Crippen LogP contribution in [0.25, 0.3) is 0 Å². The number of unbranched alkanes of at least 4 members (excludes halogenated alkanes) is 1. The number of alkyl halides is 3. The maximum Gasteiger partial charge on any atom is 0.388 e. The van der Waals surface area contributed by atoms with Gasteiger partial charge in [-0.05, 0) is 38.7 Å². The van der Waals surface area contributed by atoms with Crippen molar-refractivity contribution in [2.45, 2.75) is 64.6 Å². The lowest BCUT2D eigenvalue weighted by atomic mass is 10.4. The van der Waals surface area contributed by atoms with Crippen LogP contribution >= 0.6 is 22.2 Å². The quantitative estimate of drug-likeness (QED) is 0.316. The van der Waals surface area contributed by atoms with E-state index in [0.29, 0.717) is 0 Å². The molecule has 8 heteroatoms. The lowest BCUT2D eigenvalue weighted by Crippen LogP contribution is -2.25. The molecule has 0 aromatic carbocycles. The van der Waals surface area contributed by atoms with Crippen LogP contribution in [0, 0.1) is 0 Å². The number of rotatable bonds is 6. The van der Waals surface area contributed by atoms with Gasteiger partial charge in [-0.1, -0.05) is 13.3 Å². The standard InChI is InChI=1S/C7H18OSi.C4H7Cl2F3Si/c1-5-6-7-8-9(2,3)4;1-10(5,6)3-2-4(7,8)9/h5-7H2,1-4H3;2-3H2,1H3. The fourth-order valence-corrected chi connectivity index (χ4v) is 2.93. The zero-order valence-electron chi connectivity index (χ0n) is 12.3. The molecule has 0 atom stereocenters. The zero-order chi connectivity index (χ0) is 15.7. The molecule has 0 aromatic rings. The van der Waals surface area contributed by atoms with E-state index in [9.17, 15) is 13.2 Å². The molecule has 0 spiro atoms. The van der Waals surface area contributed by atoms with Gasteiger partial charge in [-0.2, -0.15) is 13.2 Å². The highest BCUT2D eigenvalue weighted by Gasteiger charge is 2.32. The van der Waals surface area contributed by atoms with E-state index in [1.165, 1.54) is 19.4 Å². The Bertz CT molecular complexity index is 211. The molecule has 0 bridgehead atoms. The molecule has 0 amide bonds. The first-order chi connectivity index (χ1) is 8.27. The normalized spacial score (nSPS) is 12.9. The van der Waals surface area contributed by atoms with E-state index in [0.717, 1.165) is 6.61 Å². The Morgan fingerprint density at radius 3 is 1.74 bits per heavy atom. The fraction of sp³-hybridized carbons (Fsp3) is 1.00. The first-order valence-electron chi connectivity index (χ1n) is 6.35. The molecule has 0 heterocycles. The molecule has 1 nitrogen and oxygen atoms in total. The maximum atomic E-state index is 11.5. The van der Waals surface area contributed by atoms with Crippen LogP contribution in [0.5, 0.6) is 0 Å². The van der Waals surface area contributed by atoms with E-state index in [1.807, 2.05) is 0 Å². The van der Waals surface area contributed by atoms with Crippen molar-refractivity contribution in [2.75, 3.05) is 6.61 Å². The Hall–Kier alpha value is 0.764. The van der Waals surface area contributed by atoms with Crippen LogP contribution in [0.2, 0.25) is 32.2 Å². The predicted molar refractivity (Wildman–Crippen MR) is 83.0 cm³/mol. The van der Waals surface area contributed by atoms with E-state index >= 15 is 0 Å². The molecule has 0 radical (unpaired) electrons. The van der Waals surface area contributed by atoms with E-state index in [2.05, 4.69) is 26.6 Å². The van der Waals surface area contributed by atoms with Crippen LogP contribution in [0.4, 0.5) is 13.2 Å². The van der Waals surface area contributed by atoms with Gasteiger partial charge in [0.15, 0.2) is 8.32 Å². The SMILES string of the molecule is CCCCO[Si](C)(C)C.C[Si](Cl)(Cl)CCC(F)(F)F. The highest BCUT2D eigenvalue weighted by atomic mass is 35.7. The van der Waals surface area contributed by atoms with Crippen molar-refractivity contribution < 1.29 is 17.6 Å². The van der Waals surface area contributed by atoms with Crippen molar-refractivity contribution in [1.29, 1.82) is 0 Å². The van der Waals surface area contributed by atoms with Crippen LogP contribution in [-0.4, -0.2) is 27.8 Å². The average molecular weight is 357 g/mol. The number of halogens is 5. The Balaban J connectivity index is 0. The number of hydrogen-bond acceptors (Lipinski definition) is 1. The van der Waals surface area contributed by atoms with Gasteiger partial charge in [0.2, 0.25) is 6.69 Å². The zero-order valence-corrected chi connectivity index (χ0v) is 15.8. The third kappa shape index (κ3) is 27.8. The monoisotopic (exact) mass is 356 g/mol. The highest BCUT2D eigenvalue weighted by molar-refractivity contribution is 7.44. The van der Waals surface area contributed by atoms with Crippen molar-refractivity contribution in [1.82, 2.24) is 0 Å². The maximum absolute atomic E-state index is 11.5. The molecule has 0 saturated carbocycles.